The Balaban J connectivity index is 1.31. The second-order valence-electron chi connectivity index (χ2n) is 10.0. The maximum Gasteiger partial charge on any atom is 0.247 e. The lowest BCUT2D eigenvalue weighted by molar-refractivity contribution is -0.111. The number of anilines is 5. The van der Waals surface area contributed by atoms with E-state index >= 15 is 0 Å². The van der Waals surface area contributed by atoms with Gasteiger partial charge in [-0.3, -0.25) is 4.79 Å². The van der Waals surface area contributed by atoms with Gasteiger partial charge < -0.3 is 25.4 Å². The van der Waals surface area contributed by atoms with Crippen molar-refractivity contribution in [3.05, 3.63) is 85.5 Å². The molecule has 3 heterocycles. The van der Waals surface area contributed by atoms with Crippen molar-refractivity contribution in [3.8, 4) is 11.4 Å². The van der Waals surface area contributed by atoms with Crippen molar-refractivity contribution < 1.29 is 14.3 Å². The van der Waals surface area contributed by atoms with Crippen LogP contribution in [-0.2, 0) is 9.53 Å². The first-order valence-corrected chi connectivity index (χ1v) is 13.3. The number of nitrogens with zero attached hydrogens (tertiary/aromatic N) is 4. The summed E-state index contributed by atoms with van der Waals surface area (Å²) in [7, 11) is 1.64. The van der Waals surface area contributed by atoms with Crippen LogP contribution in [-0.4, -0.2) is 46.0 Å². The number of fused-ring (bicyclic) bond motifs is 2. The average molecular weight is 538 g/mol. The predicted molar refractivity (Wildman–Crippen MR) is 154 cm³/mol. The second kappa shape index (κ2) is 11.2. The lowest BCUT2D eigenvalue weighted by atomic mass is 9.81. The van der Waals surface area contributed by atoms with Crippen molar-refractivity contribution in [1.82, 2.24) is 19.7 Å². The number of hydrogen-bond donors (Lipinski definition) is 3. The number of ether oxygens (including phenoxy) is 2. The van der Waals surface area contributed by atoms with Gasteiger partial charge >= 0.3 is 0 Å². The molecule has 40 heavy (non-hydrogen) atoms. The fourth-order valence-corrected chi connectivity index (χ4v) is 5.82. The van der Waals surface area contributed by atoms with Gasteiger partial charge in [0.05, 0.1) is 24.2 Å². The third-order valence-electron chi connectivity index (χ3n) is 7.61. The Bertz CT molecular complexity index is 1510. The zero-order valence-electron chi connectivity index (χ0n) is 22.2. The van der Waals surface area contributed by atoms with E-state index in [0.29, 0.717) is 40.8 Å². The van der Waals surface area contributed by atoms with Gasteiger partial charge in [0.2, 0.25) is 5.91 Å². The van der Waals surface area contributed by atoms with Gasteiger partial charge in [0, 0.05) is 37.4 Å². The van der Waals surface area contributed by atoms with Crippen molar-refractivity contribution in [3.63, 3.8) is 0 Å². The molecule has 0 spiro atoms. The number of amides is 1. The Labute approximate surface area is 232 Å². The van der Waals surface area contributed by atoms with Crippen molar-refractivity contribution in [2.45, 2.75) is 18.8 Å². The molecule has 2 aliphatic rings. The van der Waals surface area contributed by atoms with Gasteiger partial charge in [0.15, 0.2) is 0 Å². The molecule has 1 amide bonds. The zero-order chi connectivity index (χ0) is 27.5. The van der Waals surface area contributed by atoms with Crippen LogP contribution in [0.4, 0.5) is 28.7 Å². The van der Waals surface area contributed by atoms with E-state index in [1.165, 1.54) is 12.4 Å². The molecule has 3 N–H and O–H groups in total. The number of aromatic nitrogens is 4. The van der Waals surface area contributed by atoms with Crippen LogP contribution in [0, 0.1) is 11.8 Å². The number of benzene rings is 2. The molecule has 1 saturated carbocycles. The van der Waals surface area contributed by atoms with Gasteiger partial charge in [-0.15, -0.1) is 0 Å². The normalized spacial score (nSPS) is 19.6. The molecule has 0 radical (unpaired) electrons. The van der Waals surface area contributed by atoms with Crippen molar-refractivity contribution >= 4 is 34.6 Å². The van der Waals surface area contributed by atoms with E-state index in [4.69, 9.17) is 9.47 Å². The number of rotatable bonds is 9. The summed E-state index contributed by atoms with van der Waals surface area (Å²) >= 11 is 0. The molecule has 204 valence electrons. The van der Waals surface area contributed by atoms with Gasteiger partial charge in [-0.25, -0.2) is 14.6 Å². The molecule has 1 aliphatic carbocycles. The van der Waals surface area contributed by atoms with Gasteiger partial charge in [0.25, 0.3) is 0 Å². The molecule has 1 saturated heterocycles. The standard InChI is InChI=1S/C30H31N7O3/c1-3-29(38)36-23-14-24(26(39-2)13-21(23)30-19-9-10-20(30)17-40-16-19)35-28-15-27(31-18-32-28)34-22-7-4-5-8-25(22)37-12-6-11-33-37/h3-8,11-15,18-20,30H,1,9-10,16-17H2,2H3,(H,36,38)(H2,31,32,34,35). The zero-order valence-corrected chi connectivity index (χ0v) is 22.2. The van der Waals surface area contributed by atoms with Gasteiger partial charge in [0.1, 0.15) is 23.7 Å². The molecule has 2 aromatic carbocycles. The van der Waals surface area contributed by atoms with E-state index in [9.17, 15) is 4.79 Å². The van der Waals surface area contributed by atoms with Crippen LogP contribution in [0.15, 0.2) is 79.9 Å². The summed E-state index contributed by atoms with van der Waals surface area (Å²) in [6.07, 6.45) is 8.63. The maximum absolute atomic E-state index is 12.4. The van der Waals surface area contributed by atoms with E-state index in [1.807, 2.05) is 54.7 Å². The molecule has 2 bridgehead atoms. The number of hydrogen-bond acceptors (Lipinski definition) is 8. The molecule has 2 fully saturated rings. The molecule has 1 aliphatic heterocycles. The van der Waals surface area contributed by atoms with Crippen LogP contribution in [0.1, 0.15) is 24.3 Å². The summed E-state index contributed by atoms with van der Waals surface area (Å²) in [5, 5.41) is 14.1. The summed E-state index contributed by atoms with van der Waals surface area (Å²) in [6, 6.07) is 15.5. The van der Waals surface area contributed by atoms with Crippen LogP contribution in [0.2, 0.25) is 0 Å². The third kappa shape index (κ3) is 5.13. The van der Waals surface area contributed by atoms with Crippen LogP contribution >= 0.6 is 0 Å². The van der Waals surface area contributed by atoms with Crippen LogP contribution in [0.25, 0.3) is 5.69 Å². The fraction of sp³-hybridized carbons (Fsp3) is 0.267. The minimum atomic E-state index is -0.263. The lowest BCUT2D eigenvalue weighted by Crippen LogP contribution is -2.28. The monoisotopic (exact) mass is 537 g/mol. The van der Waals surface area contributed by atoms with Gasteiger partial charge in [-0.2, -0.15) is 5.10 Å². The van der Waals surface area contributed by atoms with Crippen molar-refractivity contribution in [2.24, 2.45) is 11.8 Å². The van der Waals surface area contributed by atoms with E-state index in [2.05, 4.69) is 37.6 Å². The Morgan fingerprint density at radius 1 is 1.02 bits per heavy atom. The number of methoxy groups -OCH3 is 1. The average Bonchev–Trinajstić information content (AvgIpc) is 3.59. The SMILES string of the molecule is C=CC(=O)Nc1cc(Nc2cc(Nc3ccccc3-n3cccn3)ncn2)c(OC)cc1C1C2CCC1COC2. The minimum Gasteiger partial charge on any atom is -0.495 e. The molecule has 2 aromatic heterocycles. The quantitative estimate of drug-likeness (QED) is 0.242. The van der Waals surface area contributed by atoms with Crippen molar-refractivity contribution in [1.29, 1.82) is 0 Å². The highest BCUT2D eigenvalue weighted by Gasteiger charge is 2.42. The van der Waals surface area contributed by atoms with Crippen molar-refractivity contribution in [2.75, 3.05) is 36.3 Å². The summed E-state index contributed by atoms with van der Waals surface area (Å²) in [4.78, 5) is 21.2. The largest absolute Gasteiger partial charge is 0.495 e. The smallest absolute Gasteiger partial charge is 0.247 e. The van der Waals surface area contributed by atoms with E-state index in [-0.39, 0.29) is 5.91 Å². The summed E-state index contributed by atoms with van der Waals surface area (Å²) in [6.45, 7) is 5.10. The first kappa shape index (κ1) is 25.6. The molecular formula is C30H31N7O3. The lowest BCUT2D eigenvalue weighted by Gasteiger charge is -2.32. The Hall–Kier alpha value is -4.70. The summed E-state index contributed by atoms with van der Waals surface area (Å²) < 4.78 is 13.4. The molecule has 2 unspecified atom stereocenters. The number of carbonyl (C=O) groups is 1. The number of carbonyl (C=O) groups excluding carboxylic acids is 1. The predicted octanol–water partition coefficient (Wildman–Crippen LogP) is 5.42. The topological polar surface area (TPSA) is 115 Å². The van der Waals surface area contributed by atoms with E-state index in [1.54, 1.807) is 18.0 Å². The first-order valence-electron chi connectivity index (χ1n) is 13.3. The molecule has 6 rings (SSSR count). The Kier molecular flexibility index (Phi) is 7.15. The maximum atomic E-state index is 12.4. The fourth-order valence-electron chi connectivity index (χ4n) is 5.82. The summed E-state index contributed by atoms with van der Waals surface area (Å²) in [5.74, 6) is 2.69. The molecular weight excluding hydrogens is 506 g/mol. The van der Waals surface area contributed by atoms with Crippen LogP contribution < -0.4 is 20.7 Å². The Morgan fingerprint density at radius 3 is 2.48 bits per heavy atom. The highest BCUT2D eigenvalue weighted by molar-refractivity contribution is 6.00. The summed E-state index contributed by atoms with van der Waals surface area (Å²) in [5.41, 5.74) is 4.21. The van der Waals surface area contributed by atoms with Gasteiger partial charge in [-0.05, 0) is 72.6 Å². The molecule has 10 heteroatoms. The molecule has 4 aromatic rings. The van der Waals surface area contributed by atoms with Crippen LogP contribution in [0.5, 0.6) is 5.75 Å². The Morgan fingerprint density at radius 2 is 1.77 bits per heavy atom. The van der Waals surface area contributed by atoms with E-state index in [0.717, 1.165) is 48.7 Å². The first-order chi connectivity index (χ1) is 19.6. The van der Waals surface area contributed by atoms with Crippen LogP contribution in [0.3, 0.4) is 0 Å². The molecule has 2 atom stereocenters. The highest BCUT2D eigenvalue weighted by atomic mass is 16.5. The highest BCUT2D eigenvalue weighted by Crippen LogP contribution is 2.51. The second-order valence-corrected chi connectivity index (χ2v) is 10.0. The number of nitrogens with one attached hydrogen (secondary N) is 3. The number of para-hydroxylation sites is 2. The minimum absolute atomic E-state index is 0.263. The van der Waals surface area contributed by atoms with E-state index < -0.39 is 0 Å². The third-order valence-corrected chi connectivity index (χ3v) is 7.61. The van der Waals surface area contributed by atoms with Gasteiger partial charge in [-0.1, -0.05) is 18.7 Å². The molecule has 10 nitrogen and oxygen atoms in total.